The topological polar surface area (TPSA) is 18.5 Å². The molecule has 0 spiro atoms. The summed E-state index contributed by atoms with van der Waals surface area (Å²) in [6.07, 6.45) is 2.03. The minimum atomic E-state index is -0.265. The molecule has 1 aromatic carbocycles. The summed E-state index contributed by atoms with van der Waals surface area (Å²) in [5, 5.41) is 0. The minimum Gasteiger partial charge on any atom is -0.400 e. The summed E-state index contributed by atoms with van der Waals surface area (Å²) in [4.78, 5) is 0. The molecule has 0 bridgehead atoms. The molecule has 2 nitrogen and oxygen atoms in total. The van der Waals surface area contributed by atoms with Gasteiger partial charge in [0.25, 0.3) is 0 Å². The summed E-state index contributed by atoms with van der Waals surface area (Å²) in [6.45, 7) is 8.24. The van der Waals surface area contributed by atoms with E-state index in [1.54, 1.807) is 0 Å². The average molecular weight is 230 g/mol. The van der Waals surface area contributed by atoms with E-state index >= 15 is 0 Å². The third-order valence-electron chi connectivity index (χ3n) is 3.52. The summed E-state index contributed by atoms with van der Waals surface area (Å²) in [5.41, 5.74) is 0.624. The van der Waals surface area contributed by atoms with Crippen LogP contribution in [0.5, 0.6) is 0 Å². The summed E-state index contributed by atoms with van der Waals surface area (Å²) < 4.78 is 11.8. The van der Waals surface area contributed by atoms with Gasteiger partial charge in [0.1, 0.15) is 0 Å². The van der Waals surface area contributed by atoms with Crippen LogP contribution in [0.25, 0.3) is 6.08 Å². The second-order valence-corrected chi connectivity index (χ2v) is 5.39. The van der Waals surface area contributed by atoms with E-state index in [9.17, 15) is 0 Å². The molecule has 3 heteroatoms. The third kappa shape index (κ3) is 2.62. The van der Waals surface area contributed by atoms with Crippen molar-refractivity contribution in [1.82, 2.24) is 0 Å². The second-order valence-electron chi connectivity index (χ2n) is 5.39. The number of rotatable bonds is 2. The molecule has 17 heavy (non-hydrogen) atoms. The number of hydrogen-bond donors (Lipinski definition) is 0. The molecular formula is C14H19BO2. The molecule has 0 aromatic heterocycles. The fourth-order valence-electron chi connectivity index (χ4n) is 1.72. The van der Waals surface area contributed by atoms with E-state index < -0.39 is 0 Å². The first kappa shape index (κ1) is 12.4. The Hall–Kier alpha value is -1.06. The van der Waals surface area contributed by atoms with Crippen LogP contribution in [-0.4, -0.2) is 18.3 Å². The summed E-state index contributed by atoms with van der Waals surface area (Å²) in [5.74, 6) is 1.96. The predicted octanol–water partition coefficient (Wildman–Crippen LogP) is 3.33. The van der Waals surface area contributed by atoms with Crippen LogP contribution >= 0.6 is 0 Å². The third-order valence-corrected chi connectivity index (χ3v) is 3.52. The first-order valence-corrected chi connectivity index (χ1v) is 6.00. The first-order valence-electron chi connectivity index (χ1n) is 6.00. The molecule has 0 aliphatic carbocycles. The fraction of sp³-hybridized carbons (Fsp3) is 0.429. The summed E-state index contributed by atoms with van der Waals surface area (Å²) in [7, 11) is -0.264. The molecule has 0 N–H and O–H groups in total. The van der Waals surface area contributed by atoms with E-state index in [2.05, 4.69) is 39.8 Å². The summed E-state index contributed by atoms with van der Waals surface area (Å²) >= 11 is 0. The van der Waals surface area contributed by atoms with Crippen molar-refractivity contribution < 1.29 is 9.31 Å². The molecule has 1 aromatic rings. The van der Waals surface area contributed by atoms with Crippen molar-refractivity contribution in [3.05, 3.63) is 41.9 Å². The van der Waals surface area contributed by atoms with Crippen LogP contribution in [0, 0.1) is 0 Å². The van der Waals surface area contributed by atoms with Crippen LogP contribution in [0.15, 0.2) is 36.3 Å². The van der Waals surface area contributed by atoms with Crippen LogP contribution in [0.2, 0.25) is 0 Å². The van der Waals surface area contributed by atoms with Crippen LogP contribution in [0.3, 0.4) is 0 Å². The standard InChI is InChI=1S/C14H19BO2/c1-13(2)14(3,4)17-15(16-13)11-10-12-8-6-5-7-9-12/h5-11H,1-4H3. The van der Waals surface area contributed by atoms with Crippen LogP contribution < -0.4 is 0 Å². The maximum Gasteiger partial charge on any atom is 0.487 e. The molecule has 1 aliphatic rings. The Labute approximate surface area is 104 Å². The Morgan fingerprint density at radius 2 is 1.47 bits per heavy atom. The van der Waals surface area contributed by atoms with Gasteiger partial charge >= 0.3 is 7.12 Å². The predicted molar refractivity (Wildman–Crippen MR) is 71.6 cm³/mol. The van der Waals surface area contributed by atoms with Crippen LogP contribution in [-0.2, 0) is 9.31 Å². The Morgan fingerprint density at radius 3 is 2.00 bits per heavy atom. The molecule has 1 fully saturated rings. The lowest BCUT2D eigenvalue weighted by molar-refractivity contribution is 0.00578. The highest BCUT2D eigenvalue weighted by molar-refractivity contribution is 6.52. The number of hydrogen-bond acceptors (Lipinski definition) is 2. The van der Waals surface area contributed by atoms with Crippen molar-refractivity contribution in [1.29, 1.82) is 0 Å². The zero-order valence-electron chi connectivity index (χ0n) is 10.9. The van der Waals surface area contributed by atoms with E-state index in [0.717, 1.165) is 5.56 Å². The van der Waals surface area contributed by atoms with E-state index in [-0.39, 0.29) is 18.3 Å². The van der Waals surface area contributed by atoms with Gasteiger partial charge in [-0.2, -0.15) is 0 Å². The van der Waals surface area contributed by atoms with Gasteiger partial charge in [0.2, 0.25) is 0 Å². The van der Waals surface area contributed by atoms with Gasteiger partial charge < -0.3 is 9.31 Å². The van der Waals surface area contributed by atoms with Crippen molar-refractivity contribution in [3.8, 4) is 0 Å². The zero-order chi connectivity index (χ0) is 12.5. The highest BCUT2D eigenvalue weighted by Crippen LogP contribution is 2.36. The molecule has 0 radical (unpaired) electrons. The van der Waals surface area contributed by atoms with Gasteiger partial charge in [-0.1, -0.05) is 42.4 Å². The van der Waals surface area contributed by atoms with Crippen molar-refractivity contribution in [3.63, 3.8) is 0 Å². The van der Waals surface area contributed by atoms with Gasteiger partial charge in [0.15, 0.2) is 0 Å². The van der Waals surface area contributed by atoms with Crippen LogP contribution in [0.4, 0.5) is 0 Å². The smallest absolute Gasteiger partial charge is 0.400 e. The SMILES string of the molecule is CC1(C)OB(C=Cc2ccccc2)OC1(C)C. The van der Waals surface area contributed by atoms with Crippen LogP contribution in [0.1, 0.15) is 33.3 Å². The fourth-order valence-corrected chi connectivity index (χ4v) is 1.72. The van der Waals surface area contributed by atoms with Crippen molar-refractivity contribution in [2.45, 2.75) is 38.9 Å². The quantitative estimate of drug-likeness (QED) is 0.725. The zero-order valence-corrected chi connectivity index (χ0v) is 10.9. The summed E-state index contributed by atoms with van der Waals surface area (Å²) in [6, 6.07) is 10.2. The molecule has 0 amide bonds. The first-order chi connectivity index (χ1) is 7.91. The van der Waals surface area contributed by atoms with Gasteiger partial charge in [-0.3, -0.25) is 0 Å². The molecule has 0 atom stereocenters. The van der Waals surface area contributed by atoms with Gasteiger partial charge in [-0.05, 0) is 33.3 Å². The molecule has 0 unspecified atom stereocenters. The average Bonchev–Trinajstić information content (AvgIpc) is 2.46. The molecule has 0 saturated carbocycles. The molecular weight excluding hydrogens is 211 g/mol. The Morgan fingerprint density at radius 1 is 0.941 bits per heavy atom. The minimum absolute atomic E-state index is 0.264. The van der Waals surface area contributed by atoms with Gasteiger partial charge in [0, 0.05) is 0 Å². The van der Waals surface area contributed by atoms with Crippen molar-refractivity contribution >= 4 is 13.2 Å². The molecule has 1 saturated heterocycles. The molecule has 1 heterocycles. The van der Waals surface area contributed by atoms with E-state index in [1.807, 2.05) is 30.3 Å². The molecule has 1 aliphatic heterocycles. The molecule has 90 valence electrons. The number of benzene rings is 1. The van der Waals surface area contributed by atoms with Crippen molar-refractivity contribution in [2.24, 2.45) is 0 Å². The van der Waals surface area contributed by atoms with Crippen molar-refractivity contribution in [2.75, 3.05) is 0 Å². The van der Waals surface area contributed by atoms with E-state index in [1.165, 1.54) is 0 Å². The Bertz CT molecular complexity index is 393. The largest absolute Gasteiger partial charge is 0.487 e. The maximum atomic E-state index is 5.88. The Kier molecular flexibility index (Phi) is 3.15. The van der Waals surface area contributed by atoms with Gasteiger partial charge in [0.05, 0.1) is 11.2 Å². The van der Waals surface area contributed by atoms with E-state index in [4.69, 9.17) is 9.31 Å². The Balaban J connectivity index is 2.06. The highest BCUT2D eigenvalue weighted by Gasteiger charge is 2.49. The monoisotopic (exact) mass is 230 g/mol. The molecule has 2 rings (SSSR count). The lowest BCUT2D eigenvalue weighted by Gasteiger charge is -2.32. The van der Waals surface area contributed by atoms with Gasteiger partial charge in [-0.15, -0.1) is 0 Å². The van der Waals surface area contributed by atoms with Gasteiger partial charge in [-0.25, -0.2) is 0 Å². The normalized spacial score (nSPS) is 22.2. The second kappa shape index (κ2) is 4.32. The van der Waals surface area contributed by atoms with E-state index in [0.29, 0.717) is 0 Å². The highest BCUT2D eigenvalue weighted by atomic mass is 16.7. The maximum absolute atomic E-state index is 5.88. The lowest BCUT2D eigenvalue weighted by atomic mass is 9.89. The lowest BCUT2D eigenvalue weighted by Crippen LogP contribution is -2.41.